The van der Waals surface area contributed by atoms with Crippen molar-refractivity contribution in [2.24, 2.45) is 5.10 Å². The number of nitrogens with one attached hydrogen (secondary N) is 1. The lowest BCUT2D eigenvalue weighted by Gasteiger charge is -2.36. The standard InChI is InChI=1S/C23H25ClFN5O2/c24-15-5-8-17-19(10-15)27-11-21-29(23(17)20(32)12-31)13-28-30(21)16-6-3-14(4-7-16)22-18(25)2-1-9-26-22/h1-2,9-11,13-14,16,23,27,31H,3-8,12H2/t14-,16-,23?. The minimum atomic E-state index is -0.620. The number of carbonyl (C=O) groups excluding carboxylic acids is 1. The van der Waals surface area contributed by atoms with Gasteiger partial charge in [-0.25, -0.2) is 9.40 Å². The molecule has 7 nitrogen and oxygen atoms in total. The maximum absolute atomic E-state index is 14.2. The van der Waals surface area contributed by atoms with Crippen LogP contribution in [0.3, 0.4) is 0 Å². The van der Waals surface area contributed by atoms with Crippen molar-refractivity contribution in [3.05, 3.63) is 64.2 Å². The van der Waals surface area contributed by atoms with Crippen LogP contribution in [-0.4, -0.2) is 50.8 Å². The predicted molar refractivity (Wildman–Crippen MR) is 119 cm³/mol. The van der Waals surface area contributed by atoms with Crippen LogP contribution in [0.15, 0.2) is 57.8 Å². The Hall–Kier alpha value is -2.71. The molecule has 0 radical (unpaired) electrons. The molecular formula is C23H25ClFN5O2. The number of Topliss-reactive ketones (excluding diaryl/α,β-unsaturated/α-hetero) is 1. The summed E-state index contributed by atoms with van der Waals surface area (Å²) in [7, 11) is 0. The van der Waals surface area contributed by atoms with Gasteiger partial charge in [0.2, 0.25) is 0 Å². The molecule has 0 amide bonds. The molecule has 2 N–H and O–H groups in total. The molecule has 1 atom stereocenters. The van der Waals surface area contributed by atoms with E-state index in [9.17, 15) is 14.3 Å². The molecule has 2 aliphatic heterocycles. The molecule has 5 rings (SSSR count). The maximum Gasteiger partial charge on any atom is 0.185 e. The van der Waals surface area contributed by atoms with E-state index in [1.165, 1.54) is 6.07 Å². The van der Waals surface area contributed by atoms with E-state index in [0.29, 0.717) is 18.5 Å². The molecule has 1 fully saturated rings. The first kappa shape index (κ1) is 21.2. The van der Waals surface area contributed by atoms with Gasteiger partial charge in [0.05, 0.1) is 11.7 Å². The minimum Gasteiger partial charge on any atom is -0.388 e. The van der Waals surface area contributed by atoms with Crippen LogP contribution in [0.1, 0.15) is 50.1 Å². The fraction of sp³-hybridized carbons (Fsp3) is 0.435. The van der Waals surface area contributed by atoms with Crippen LogP contribution in [0.2, 0.25) is 0 Å². The third-order valence-corrected chi connectivity index (χ3v) is 7.02. The summed E-state index contributed by atoms with van der Waals surface area (Å²) in [4.78, 5) is 18.9. The first-order valence-corrected chi connectivity index (χ1v) is 11.4. The van der Waals surface area contributed by atoms with Crippen molar-refractivity contribution >= 4 is 23.7 Å². The van der Waals surface area contributed by atoms with Crippen molar-refractivity contribution in [3.63, 3.8) is 0 Å². The molecule has 9 heteroatoms. The number of fused-ring (bicyclic) bond motifs is 1. The first-order valence-electron chi connectivity index (χ1n) is 11.0. The summed E-state index contributed by atoms with van der Waals surface area (Å²) in [6, 6.07) is 2.59. The minimum absolute atomic E-state index is 0.0985. The zero-order valence-corrected chi connectivity index (χ0v) is 18.3. The number of hydrogen-bond donors (Lipinski definition) is 2. The summed E-state index contributed by atoms with van der Waals surface area (Å²) in [5, 5.41) is 20.2. The highest BCUT2D eigenvalue weighted by Gasteiger charge is 2.41. The van der Waals surface area contributed by atoms with Crippen LogP contribution in [0, 0.1) is 5.82 Å². The van der Waals surface area contributed by atoms with Gasteiger partial charge in [-0.2, -0.15) is 5.10 Å². The lowest BCUT2D eigenvalue weighted by Crippen LogP contribution is -2.44. The number of carbonyl (C=O) groups is 1. The van der Waals surface area contributed by atoms with Crippen LogP contribution in [0.4, 0.5) is 4.39 Å². The van der Waals surface area contributed by atoms with Gasteiger partial charge in [-0.15, -0.1) is 0 Å². The van der Waals surface area contributed by atoms with E-state index >= 15 is 0 Å². The molecule has 2 aliphatic carbocycles. The number of hydrazone groups is 1. The van der Waals surface area contributed by atoms with Crippen LogP contribution in [-0.2, 0) is 4.79 Å². The van der Waals surface area contributed by atoms with Gasteiger partial charge < -0.3 is 10.4 Å². The van der Waals surface area contributed by atoms with E-state index in [2.05, 4.69) is 15.4 Å². The average molecular weight is 458 g/mol. The largest absolute Gasteiger partial charge is 0.388 e. The quantitative estimate of drug-likeness (QED) is 0.722. The van der Waals surface area contributed by atoms with Gasteiger partial charge in [-0.3, -0.25) is 14.7 Å². The number of aromatic nitrogens is 1. The molecule has 3 heterocycles. The number of nitrogens with zero attached hydrogens (tertiary/aromatic N) is 4. The van der Waals surface area contributed by atoms with Gasteiger partial charge >= 0.3 is 0 Å². The van der Waals surface area contributed by atoms with Crippen molar-refractivity contribution in [3.8, 4) is 0 Å². The van der Waals surface area contributed by atoms with E-state index in [0.717, 1.165) is 47.8 Å². The summed E-state index contributed by atoms with van der Waals surface area (Å²) in [6.07, 6.45) is 11.6. The summed E-state index contributed by atoms with van der Waals surface area (Å²) in [5.41, 5.74) is 2.25. The monoisotopic (exact) mass is 457 g/mol. The Morgan fingerprint density at radius 1 is 1.28 bits per heavy atom. The zero-order chi connectivity index (χ0) is 22.2. The number of halogens is 2. The third kappa shape index (κ3) is 3.71. The lowest BCUT2D eigenvalue weighted by molar-refractivity contribution is -0.124. The van der Waals surface area contributed by atoms with E-state index in [-0.39, 0.29) is 23.6 Å². The van der Waals surface area contributed by atoms with Crippen molar-refractivity contribution in [1.82, 2.24) is 20.2 Å². The number of hydrogen-bond acceptors (Lipinski definition) is 7. The van der Waals surface area contributed by atoms with Crippen LogP contribution < -0.4 is 5.32 Å². The van der Waals surface area contributed by atoms with E-state index in [1.54, 1.807) is 18.6 Å². The topological polar surface area (TPSA) is 81.1 Å². The summed E-state index contributed by atoms with van der Waals surface area (Å²) in [5.74, 6) is 0.344. The summed E-state index contributed by atoms with van der Waals surface area (Å²) < 4.78 is 14.2. The number of ketones is 1. The lowest BCUT2D eigenvalue weighted by atomic mass is 9.83. The number of allylic oxidation sites excluding steroid dienone is 2. The van der Waals surface area contributed by atoms with Gasteiger partial charge in [0.25, 0.3) is 0 Å². The van der Waals surface area contributed by atoms with E-state index in [4.69, 9.17) is 11.6 Å². The molecule has 1 unspecified atom stereocenters. The third-order valence-electron chi connectivity index (χ3n) is 6.72. The summed E-state index contributed by atoms with van der Waals surface area (Å²) in [6.45, 7) is -0.544. The van der Waals surface area contributed by atoms with Gasteiger partial charge in [0.1, 0.15) is 30.6 Å². The molecule has 0 saturated heterocycles. The van der Waals surface area contributed by atoms with Crippen LogP contribution in [0.5, 0.6) is 0 Å². The van der Waals surface area contributed by atoms with Gasteiger partial charge in [0.15, 0.2) is 5.78 Å². The normalized spacial score (nSPS) is 27.3. The Labute approximate surface area is 190 Å². The highest BCUT2D eigenvalue weighted by Crippen LogP contribution is 2.39. The van der Waals surface area contributed by atoms with Crippen molar-refractivity contribution < 1.29 is 14.3 Å². The van der Waals surface area contributed by atoms with Gasteiger partial charge in [-0.05, 0) is 62.3 Å². The average Bonchev–Trinajstić information content (AvgIpc) is 3.15. The highest BCUT2D eigenvalue weighted by atomic mass is 35.5. The number of aliphatic hydroxyl groups excluding tert-OH is 1. The molecular weight excluding hydrogens is 433 g/mol. The van der Waals surface area contributed by atoms with E-state index in [1.807, 2.05) is 22.2 Å². The van der Waals surface area contributed by atoms with Crippen molar-refractivity contribution in [2.45, 2.75) is 56.5 Å². The Morgan fingerprint density at radius 2 is 2.09 bits per heavy atom. The van der Waals surface area contributed by atoms with Crippen LogP contribution in [0.25, 0.3) is 0 Å². The van der Waals surface area contributed by atoms with Gasteiger partial charge in [0, 0.05) is 29.0 Å². The molecule has 1 saturated carbocycles. The molecule has 32 heavy (non-hydrogen) atoms. The second-order valence-corrected chi connectivity index (χ2v) is 9.05. The molecule has 4 aliphatic rings. The maximum atomic E-state index is 14.2. The van der Waals surface area contributed by atoms with Crippen molar-refractivity contribution in [1.29, 1.82) is 0 Å². The predicted octanol–water partition coefficient (Wildman–Crippen LogP) is 3.31. The summed E-state index contributed by atoms with van der Waals surface area (Å²) >= 11 is 6.25. The highest BCUT2D eigenvalue weighted by molar-refractivity contribution is 6.29. The van der Waals surface area contributed by atoms with Gasteiger partial charge in [-0.1, -0.05) is 11.6 Å². The number of aliphatic hydroxyl groups is 1. The molecule has 0 spiro atoms. The molecule has 1 aromatic heterocycles. The Morgan fingerprint density at radius 3 is 2.84 bits per heavy atom. The van der Waals surface area contributed by atoms with Crippen molar-refractivity contribution in [2.75, 3.05) is 6.61 Å². The fourth-order valence-corrected chi connectivity index (χ4v) is 5.34. The second-order valence-electron chi connectivity index (χ2n) is 8.56. The smallest absolute Gasteiger partial charge is 0.185 e. The second kappa shape index (κ2) is 8.67. The molecule has 168 valence electrons. The van der Waals surface area contributed by atoms with Crippen LogP contribution >= 0.6 is 11.6 Å². The SMILES string of the molecule is O=C(CO)C1C2=C(C=C(Cl)CC2)NC=C2N1C=NN2[C@H]1CC[C@H](c2ncccc2F)CC1. The molecule has 1 aromatic rings. The Balaban J connectivity index is 1.36. The zero-order valence-electron chi connectivity index (χ0n) is 17.5. The Kier molecular flexibility index (Phi) is 5.73. The first-order chi connectivity index (χ1) is 15.6. The number of pyridine rings is 1. The Bertz CT molecular complexity index is 1040. The van der Waals surface area contributed by atoms with E-state index < -0.39 is 12.6 Å². The fourth-order valence-electron chi connectivity index (χ4n) is 5.14. The molecule has 0 bridgehead atoms. The number of rotatable bonds is 4. The molecule has 0 aromatic carbocycles.